The molecule has 0 atom stereocenters. The Balaban J connectivity index is 2.15. The van der Waals surface area contributed by atoms with E-state index in [1.165, 1.54) is 12.8 Å². The quantitative estimate of drug-likeness (QED) is 0.774. The molecule has 1 fully saturated rings. The second-order valence-corrected chi connectivity index (χ2v) is 4.43. The fraction of sp³-hybridized carbons (Fsp3) is 0.538. The van der Waals surface area contributed by atoms with Crippen LogP contribution >= 0.6 is 0 Å². The third-order valence-electron chi connectivity index (χ3n) is 3.20. The molecular weight excluding hydrogens is 218 g/mol. The largest absolute Gasteiger partial charge is 0.496 e. The summed E-state index contributed by atoms with van der Waals surface area (Å²) in [6.45, 7) is 3.13. The van der Waals surface area contributed by atoms with E-state index in [0.717, 1.165) is 30.9 Å². The van der Waals surface area contributed by atoms with E-state index in [9.17, 15) is 0 Å². The summed E-state index contributed by atoms with van der Waals surface area (Å²) in [5, 5.41) is 18.2. The molecule has 0 bridgehead atoms. The van der Waals surface area contributed by atoms with Crippen LogP contribution in [0.15, 0.2) is 18.2 Å². The second kappa shape index (κ2) is 5.49. The van der Waals surface area contributed by atoms with E-state index in [1.807, 2.05) is 6.07 Å². The number of likely N-dealkylation sites (tertiary alicyclic amines) is 1. The van der Waals surface area contributed by atoms with E-state index in [2.05, 4.69) is 4.90 Å². The standard InChI is InChI=1S/C13H19NO3/c1-17-12-8-10(13(15)16)4-5-11(12)9-14-6-2-3-7-14/h4-5,8,13,15-16H,2-3,6-7,9H2,1H3. The van der Waals surface area contributed by atoms with Crippen molar-refractivity contribution >= 4 is 0 Å². The van der Waals surface area contributed by atoms with Gasteiger partial charge in [0.25, 0.3) is 0 Å². The number of ether oxygens (including phenoxy) is 1. The maximum absolute atomic E-state index is 9.11. The third-order valence-corrected chi connectivity index (χ3v) is 3.20. The lowest BCUT2D eigenvalue weighted by molar-refractivity contribution is -0.0426. The summed E-state index contributed by atoms with van der Waals surface area (Å²) in [6.07, 6.45) is 1.08. The molecule has 1 aromatic carbocycles. The molecular formula is C13H19NO3. The molecule has 0 amide bonds. The van der Waals surface area contributed by atoms with Crippen molar-refractivity contribution in [3.05, 3.63) is 29.3 Å². The van der Waals surface area contributed by atoms with E-state index in [-0.39, 0.29) is 0 Å². The van der Waals surface area contributed by atoms with Crippen LogP contribution in [0.25, 0.3) is 0 Å². The normalized spacial score (nSPS) is 16.7. The number of hydrogen-bond donors (Lipinski definition) is 2. The molecule has 0 spiro atoms. The Labute approximate surface area is 101 Å². The molecule has 0 aromatic heterocycles. The zero-order valence-corrected chi connectivity index (χ0v) is 10.1. The summed E-state index contributed by atoms with van der Waals surface area (Å²) in [4.78, 5) is 2.38. The summed E-state index contributed by atoms with van der Waals surface area (Å²) >= 11 is 0. The average molecular weight is 237 g/mol. The van der Waals surface area contributed by atoms with Gasteiger partial charge >= 0.3 is 0 Å². The van der Waals surface area contributed by atoms with Crippen molar-refractivity contribution < 1.29 is 14.9 Å². The monoisotopic (exact) mass is 237 g/mol. The van der Waals surface area contributed by atoms with Gasteiger partial charge in [-0.25, -0.2) is 0 Å². The van der Waals surface area contributed by atoms with Gasteiger partial charge in [0.1, 0.15) is 5.75 Å². The molecule has 4 heteroatoms. The van der Waals surface area contributed by atoms with Crippen LogP contribution in [0.4, 0.5) is 0 Å². The van der Waals surface area contributed by atoms with Crippen LogP contribution in [0.1, 0.15) is 30.3 Å². The van der Waals surface area contributed by atoms with Crippen molar-refractivity contribution in [1.82, 2.24) is 4.90 Å². The van der Waals surface area contributed by atoms with E-state index >= 15 is 0 Å². The molecule has 17 heavy (non-hydrogen) atoms. The van der Waals surface area contributed by atoms with Gasteiger partial charge < -0.3 is 14.9 Å². The van der Waals surface area contributed by atoms with Crippen LogP contribution in [0.5, 0.6) is 5.75 Å². The Bertz CT molecular complexity index is 373. The number of aliphatic hydroxyl groups excluding tert-OH is 1. The molecule has 1 saturated heterocycles. The smallest absolute Gasteiger partial charge is 0.178 e. The molecule has 1 aliphatic heterocycles. The first kappa shape index (κ1) is 12.4. The van der Waals surface area contributed by atoms with Crippen molar-refractivity contribution in [2.45, 2.75) is 25.7 Å². The van der Waals surface area contributed by atoms with Crippen molar-refractivity contribution in [3.8, 4) is 5.75 Å². The highest BCUT2D eigenvalue weighted by molar-refractivity contribution is 5.38. The minimum Gasteiger partial charge on any atom is -0.496 e. The Morgan fingerprint density at radius 2 is 2.00 bits per heavy atom. The Hall–Kier alpha value is -1.10. The molecule has 0 unspecified atom stereocenters. The van der Waals surface area contributed by atoms with Crippen molar-refractivity contribution in [1.29, 1.82) is 0 Å². The molecule has 0 radical (unpaired) electrons. The van der Waals surface area contributed by atoms with Gasteiger partial charge in [-0.3, -0.25) is 4.90 Å². The highest BCUT2D eigenvalue weighted by Crippen LogP contribution is 2.25. The van der Waals surface area contributed by atoms with Gasteiger partial charge in [-0.15, -0.1) is 0 Å². The highest BCUT2D eigenvalue weighted by atomic mass is 16.5. The SMILES string of the molecule is COc1cc(C(O)O)ccc1CN1CCCC1. The molecule has 0 saturated carbocycles. The minimum absolute atomic E-state index is 0.465. The van der Waals surface area contributed by atoms with E-state index in [4.69, 9.17) is 14.9 Å². The summed E-state index contributed by atoms with van der Waals surface area (Å²) in [7, 11) is 1.61. The zero-order chi connectivity index (χ0) is 12.3. The number of hydrogen-bond acceptors (Lipinski definition) is 4. The molecule has 2 N–H and O–H groups in total. The molecule has 1 aliphatic rings. The van der Waals surface area contributed by atoms with Gasteiger partial charge in [-0.05, 0) is 32.0 Å². The number of benzene rings is 1. The van der Waals surface area contributed by atoms with Crippen LogP contribution in [-0.2, 0) is 6.54 Å². The van der Waals surface area contributed by atoms with Crippen molar-refractivity contribution in [2.24, 2.45) is 0 Å². The van der Waals surface area contributed by atoms with Crippen LogP contribution < -0.4 is 4.74 Å². The first-order valence-corrected chi connectivity index (χ1v) is 5.96. The second-order valence-electron chi connectivity index (χ2n) is 4.43. The Morgan fingerprint density at radius 3 is 2.59 bits per heavy atom. The topological polar surface area (TPSA) is 52.9 Å². The number of aliphatic hydroxyl groups is 2. The summed E-state index contributed by atoms with van der Waals surface area (Å²) in [6, 6.07) is 5.33. The maximum atomic E-state index is 9.11. The third kappa shape index (κ3) is 2.97. The van der Waals surface area contributed by atoms with E-state index < -0.39 is 6.29 Å². The maximum Gasteiger partial charge on any atom is 0.178 e. The predicted octanol–water partition coefficient (Wildman–Crippen LogP) is 1.27. The summed E-state index contributed by atoms with van der Waals surface area (Å²) in [5.41, 5.74) is 1.56. The fourth-order valence-corrected chi connectivity index (χ4v) is 2.23. The van der Waals surface area contributed by atoms with Gasteiger partial charge in [-0.1, -0.05) is 12.1 Å². The van der Waals surface area contributed by atoms with Crippen LogP contribution in [0, 0.1) is 0 Å². The van der Waals surface area contributed by atoms with E-state index in [1.54, 1.807) is 19.2 Å². The summed E-state index contributed by atoms with van der Waals surface area (Å²) in [5.74, 6) is 0.725. The first-order valence-electron chi connectivity index (χ1n) is 5.96. The van der Waals surface area contributed by atoms with Gasteiger partial charge in [0.2, 0.25) is 0 Å². The lowest BCUT2D eigenvalue weighted by atomic mass is 10.1. The van der Waals surface area contributed by atoms with Crippen molar-refractivity contribution in [3.63, 3.8) is 0 Å². The first-order chi connectivity index (χ1) is 8.20. The molecule has 4 nitrogen and oxygen atoms in total. The average Bonchev–Trinajstić information content (AvgIpc) is 2.82. The van der Waals surface area contributed by atoms with Crippen LogP contribution in [0.3, 0.4) is 0 Å². The zero-order valence-electron chi connectivity index (χ0n) is 10.1. The number of methoxy groups -OCH3 is 1. The van der Waals surface area contributed by atoms with Gasteiger partial charge in [0.05, 0.1) is 7.11 Å². The van der Waals surface area contributed by atoms with Gasteiger partial charge in [-0.2, -0.15) is 0 Å². The molecule has 94 valence electrons. The molecule has 0 aliphatic carbocycles. The molecule has 1 aromatic rings. The van der Waals surface area contributed by atoms with E-state index in [0.29, 0.717) is 5.56 Å². The Kier molecular flexibility index (Phi) is 3.99. The Morgan fingerprint density at radius 1 is 1.29 bits per heavy atom. The lowest BCUT2D eigenvalue weighted by Gasteiger charge is -2.17. The number of rotatable bonds is 4. The predicted molar refractivity (Wildman–Crippen MR) is 64.7 cm³/mol. The highest BCUT2D eigenvalue weighted by Gasteiger charge is 2.15. The summed E-state index contributed by atoms with van der Waals surface area (Å²) < 4.78 is 5.30. The van der Waals surface area contributed by atoms with Crippen LogP contribution in [0.2, 0.25) is 0 Å². The fourth-order valence-electron chi connectivity index (χ4n) is 2.23. The molecule has 2 rings (SSSR count). The lowest BCUT2D eigenvalue weighted by Crippen LogP contribution is -2.18. The van der Waals surface area contributed by atoms with Crippen LogP contribution in [-0.4, -0.2) is 35.3 Å². The van der Waals surface area contributed by atoms with Gasteiger partial charge in [0, 0.05) is 17.7 Å². The van der Waals surface area contributed by atoms with Gasteiger partial charge in [0.15, 0.2) is 6.29 Å². The number of nitrogens with zero attached hydrogens (tertiary/aromatic N) is 1. The van der Waals surface area contributed by atoms with Crippen molar-refractivity contribution in [2.75, 3.05) is 20.2 Å². The molecule has 1 heterocycles. The minimum atomic E-state index is -1.44.